The molecule has 0 atom stereocenters. The Morgan fingerprint density at radius 2 is 1.81 bits per heavy atom. The van der Waals surface area contributed by atoms with Crippen molar-refractivity contribution < 1.29 is 14.6 Å². The highest BCUT2D eigenvalue weighted by Gasteiger charge is 2.42. The standard InChI is InChI=1S/C27H27N5O3S/c1-17-31-23(16-36-17)19-4-7-24(29-13-19)32-26(34)27(8-10-35-11-9-27)22-5-2-18(3-6-22)20-12-21(15-33)25(28)30-14-20/h2-7,12-14,16,33H,8-11,15H2,1H3,(H2,28,30)(H,29,32,34). The molecular weight excluding hydrogens is 474 g/mol. The highest BCUT2D eigenvalue weighted by Crippen LogP contribution is 2.37. The van der Waals surface area contributed by atoms with Crippen molar-refractivity contribution in [3.05, 3.63) is 76.4 Å². The molecule has 3 aromatic heterocycles. The number of aliphatic hydroxyl groups excluding tert-OH is 1. The SMILES string of the molecule is Cc1nc(-c2ccc(NC(=O)C3(c4ccc(-c5cnc(N)c(CO)c5)cc4)CCOCC3)nc2)cs1. The van der Waals surface area contributed by atoms with E-state index in [-0.39, 0.29) is 12.5 Å². The van der Waals surface area contributed by atoms with Crippen molar-refractivity contribution in [1.82, 2.24) is 15.0 Å². The van der Waals surface area contributed by atoms with Crippen LogP contribution >= 0.6 is 11.3 Å². The summed E-state index contributed by atoms with van der Waals surface area (Å²) in [7, 11) is 0. The number of hydrogen-bond donors (Lipinski definition) is 3. The molecule has 1 aromatic carbocycles. The van der Waals surface area contributed by atoms with Crippen molar-refractivity contribution in [3.63, 3.8) is 0 Å². The van der Waals surface area contributed by atoms with Gasteiger partial charge in [0.05, 0.1) is 22.7 Å². The first kappa shape index (κ1) is 24.1. The predicted octanol–water partition coefficient (Wildman–Crippen LogP) is 4.34. The number of benzene rings is 1. The molecule has 9 heteroatoms. The lowest BCUT2D eigenvalue weighted by Gasteiger charge is -2.36. The number of aromatic nitrogens is 3. The van der Waals surface area contributed by atoms with E-state index in [9.17, 15) is 9.90 Å². The third kappa shape index (κ3) is 4.73. The number of anilines is 2. The van der Waals surface area contributed by atoms with E-state index < -0.39 is 5.41 Å². The number of thiazole rings is 1. The molecule has 0 aliphatic carbocycles. The van der Waals surface area contributed by atoms with Crippen LogP contribution in [0.1, 0.15) is 29.0 Å². The fraction of sp³-hybridized carbons (Fsp3) is 0.259. The summed E-state index contributed by atoms with van der Waals surface area (Å²) in [6.07, 6.45) is 4.57. The molecule has 4 heterocycles. The van der Waals surface area contributed by atoms with Gasteiger partial charge < -0.3 is 20.9 Å². The Labute approximate surface area is 213 Å². The van der Waals surface area contributed by atoms with E-state index in [1.165, 1.54) is 0 Å². The van der Waals surface area contributed by atoms with Gasteiger partial charge in [-0.05, 0) is 49.1 Å². The zero-order chi connectivity index (χ0) is 25.1. The lowest BCUT2D eigenvalue weighted by molar-refractivity contribution is -0.125. The second-order valence-electron chi connectivity index (χ2n) is 8.84. The molecule has 184 valence electrons. The average Bonchev–Trinajstić information content (AvgIpc) is 3.36. The lowest BCUT2D eigenvalue weighted by Crippen LogP contribution is -2.45. The number of rotatable bonds is 6. The van der Waals surface area contributed by atoms with Gasteiger partial charge in [-0.15, -0.1) is 11.3 Å². The van der Waals surface area contributed by atoms with E-state index in [4.69, 9.17) is 10.5 Å². The van der Waals surface area contributed by atoms with Gasteiger partial charge in [0.2, 0.25) is 5.91 Å². The average molecular weight is 502 g/mol. The van der Waals surface area contributed by atoms with Crippen molar-refractivity contribution in [2.75, 3.05) is 24.3 Å². The number of carbonyl (C=O) groups excluding carboxylic acids is 1. The molecule has 36 heavy (non-hydrogen) atoms. The highest BCUT2D eigenvalue weighted by molar-refractivity contribution is 7.09. The number of hydrogen-bond acceptors (Lipinski definition) is 8. The number of aliphatic hydroxyl groups is 1. The van der Waals surface area contributed by atoms with E-state index in [1.807, 2.05) is 54.8 Å². The number of nitrogens with zero attached hydrogens (tertiary/aromatic N) is 3. The third-order valence-electron chi connectivity index (χ3n) is 6.64. The van der Waals surface area contributed by atoms with Gasteiger partial charge in [0, 0.05) is 47.7 Å². The second kappa shape index (κ2) is 10.1. The molecule has 1 fully saturated rings. The molecule has 4 N–H and O–H groups in total. The van der Waals surface area contributed by atoms with Gasteiger partial charge in [0.15, 0.2) is 0 Å². The zero-order valence-corrected chi connectivity index (χ0v) is 20.7. The van der Waals surface area contributed by atoms with Crippen LogP contribution in [0.4, 0.5) is 11.6 Å². The molecule has 8 nitrogen and oxygen atoms in total. The Hall–Kier alpha value is -3.66. The van der Waals surface area contributed by atoms with Crippen LogP contribution < -0.4 is 11.1 Å². The molecule has 5 rings (SSSR count). The number of carbonyl (C=O) groups is 1. The number of nitrogen functional groups attached to an aromatic ring is 1. The van der Waals surface area contributed by atoms with Gasteiger partial charge in [-0.3, -0.25) is 4.79 Å². The Bertz CT molecular complexity index is 1360. The van der Waals surface area contributed by atoms with Crippen LogP contribution in [0.5, 0.6) is 0 Å². The zero-order valence-electron chi connectivity index (χ0n) is 19.9. The van der Waals surface area contributed by atoms with Crippen LogP contribution in [0, 0.1) is 6.92 Å². The number of aryl methyl sites for hydroxylation is 1. The maximum absolute atomic E-state index is 13.7. The fourth-order valence-electron chi connectivity index (χ4n) is 4.51. The number of pyridine rings is 2. The minimum atomic E-state index is -0.723. The van der Waals surface area contributed by atoms with E-state index in [0.29, 0.717) is 43.3 Å². The van der Waals surface area contributed by atoms with Crippen LogP contribution in [-0.2, 0) is 21.6 Å². The summed E-state index contributed by atoms with van der Waals surface area (Å²) in [6, 6.07) is 13.5. The maximum Gasteiger partial charge on any atom is 0.236 e. The smallest absolute Gasteiger partial charge is 0.236 e. The molecule has 0 unspecified atom stereocenters. The summed E-state index contributed by atoms with van der Waals surface area (Å²) >= 11 is 1.59. The van der Waals surface area contributed by atoms with E-state index in [2.05, 4.69) is 20.3 Å². The lowest BCUT2D eigenvalue weighted by atomic mass is 9.73. The van der Waals surface area contributed by atoms with Crippen molar-refractivity contribution in [1.29, 1.82) is 0 Å². The largest absolute Gasteiger partial charge is 0.392 e. The van der Waals surface area contributed by atoms with Crippen LogP contribution in [0.25, 0.3) is 22.4 Å². The quantitative estimate of drug-likeness (QED) is 0.359. The first-order valence-corrected chi connectivity index (χ1v) is 12.6. The van der Waals surface area contributed by atoms with Gasteiger partial charge >= 0.3 is 0 Å². The Morgan fingerprint density at radius 3 is 2.44 bits per heavy atom. The monoisotopic (exact) mass is 501 g/mol. The predicted molar refractivity (Wildman–Crippen MR) is 140 cm³/mol. The summed E-state index contributed by atoms with van der Waals surface area (Å²) in [6.45, 7) is 2.81. The molecule has 1 aliphatic rings. The van der Waals surface area contributed by atoms with Gasteiger partial charge in [-0.1, -0.05) is 24.3 Å². The summed E-state index contributed by atoms with van der Waals surface area (Å²) in [4.78, 5) is 26.8. The van der Waals surface area contributed by atoms with Gasteiger partial charge in [0.25, 0.3) is 0 Å². The summed E-state index contributed by atoms with van der Waals surface area (Å²) < 4.78 is 5.60. The van der Waals surface area contributed by atoms with Gasteiger partial charge in [-0.25, -0.2) is 15.0 Å². The van der Waals surface area contributed by atoms with Crippen molar-refractivity contribution in [2.45, 2.75) is 31.8 Å². The first-order valence-electron chi connectivity index (χ1n) is 11.7. The van der Waals surface area contributed by atoms with Crippen LogP contribution in [-0.4, -0.2) is 39.2 Å². The second-order valence-corrected chi connectivity index (χ2v) is 9.90. The minimum absolute atomic E-state index is 0.0972. The topological polar surface area (TPSA) is 123 Å². The molecule has 1 amide bonds. The van der Waals surface area contributed by atoms with Crippen molar-refractivity contribution in [2.24, 2.45) is 0 Å². The maximum atomic E-state index is 13.7. The van der Waals surface area contributed by atoms with Gasteiger partial charge in [0.1, 0.15) is 11.6 Å². The fourth-order valence-corrected chi connectivity index (χ4v) is 5.13. The molecule has 0 radical (unpaired) electrons. The molecule has 1 aliphatic heterocycles. The summed E-state index contributed by atoms with van der Waals surface area (Å²) in [5.41, 5.74) is 10.2. The highest BCUT2D eigenvalue weighted by atomic mass is 32.1. The summed E-state index contributed by atoms with van der Waals surface area (Å²) in [5.74, 6) is 0.724. The Morgan fingerprint density at radius 1 is 1.08 bits per heavy atom. The van der Waals surface area contributed by atoms with Gasteiger partial charge in [-0.2, -0.15) is 0 Å². The van der Waals surface area contributed by atoms with E-state index >= 15 is 0 Å². The van der Waals surface area contributed by atoms with Crippen molar-refractivity contribution >= 4 is 28.9 Å². The third-order valence-corrected chi connectivity index (χ3v) is 7.42. The molecular formula is C27H27N5O3S. The van der Waals surface area contributed by atoms with Crippen LogP contribution in [0.15, 0.2) is 60.2 Å². The normalized spacial score (nSPS) is 14.9. The van der Waals surface area contributed by atoms with E-state index in [0.717, 1.165) is 33.0 Å². The Balaban J connectivity index is 1.39. The molecule has 0 spiro atoms. The number of nitrogens with two attached hydrogens (primary N) is 1. The molecule has 1 saturated heterocycles. The molecule has 4 aromatic rings. The number of nitrogens with one attached hydrogen (secondary N) is 1. The van der Waals surface area contributed by atoms with Crippen LogP contribution in [0.3, 0.4) is 0 Å². The number of amides is 1. The first-order chi connectivity index (χ1) is 17.5. The summed E-state index contributed by atoms with van der Waals surface area (Å²) in [5, 5.41) is 15.5. The Kier molecular flexibility index (Phi) is 6.77. The van der Waals surface area contributed by atoms with E-state index in [1.54, 1.807) is 23.7 Å². The number of ether oxygens (including phenoxy) is 1. The minimum Gasteiger partial charge on any atom is -0.392 e. The molecule has 0 bridgehead atoms. The van der Waals surface area contributed by atoms with Crippen molar-refractivity contribution in [3.8, 4) is 22.4 Å². The van der Waals surface area contributed by atoms with Crippen LogP contribution in [0.2, 0.25) is 0 Å². The molecule has 0 saturated carbocycles.